The molecule has 0 spiro atoms. The summed E-state index contributed by atoms with van der Waals surface area (Å²) in [5.74, 6) is -0.731. The van der Waals surface area contributed by atoms with Gasteiger partial charge in [0.15, 0.2) is 0 Å². The standard InChI is InChI=1S/C17H15Cl2N3O3.ClH/c1-10-5-7-11(8-6-10)25-17(24)22-16(20)21-15(23)9-12-13(18)3-2-4-14(12)19;/h2-8H,9H2,1H3,(H3,20,21,22,23,24);1H. The zero-order valence-electron chi connectivity index (χ0n) is 13.6. The Morgan fingerprint density at radius 2 is 1.62 bits per heavy atom. The van der Waals surface area contributed by atoms with E-state index in [2.05, 4.69) is 10.6 Å². The second-order valence-electron chi connectivity index (χ2n) is 5.13. The molecular formula is C17H16Cl3N3O3. The van der Waals surface area contributed by atoms with Crippen LogP contribution >= 0.6 is 35.6 Å². The van der Waals surface area contributed by atoms with Crippen LogP contribution in [0.2, 0.25) is 10.0 Å². The predicted octanol–water partition coefficient (Wildman–Crippen LogP) is 4.11. The first-order valence-corrected chi connectivity index (χ1v) is 7.97. The van der Waals surface area contributed by atoms with E-state index in [0.29, 0.717) is 21.4 Å². The molecule has 2 aromatic rings. The Morgan fingerprint density at radius 3 is 2.19 bits per heavy atom. The van der Waals surface area contributed by atoms with Gasteiger partial charge in [0.25, 0.3) is 0 Å². The number of hydrogen-bond donors (Lipinski definition) is 3. The number of halogens is 3. The number of aryl methyl sites for hydroxylation is 1. The largest absolute Gasteiger partial charge is 0.419 e. The van der Waals surface area contributed by atoms with Crippen molar-refractivity contribution in [3.63, 3.8) is 0 Å². The summed E-state index contributed by atoms with van der Waals surface area (Å²) in [5.41, 5.74) is 1.46. The number of nitrogens with one attached hydrogen (secondary N) is 3. The summed E-state index contributed by atoms with van der Waals surface area (Å²) >= 11 is 12.0. The van der Waals surface area contributed by atoms with Crippen LogP contribution in [0.3, 0.4) is 0 Å². The average Bonchev–Trinajstić information content (AvgIpc) is 2.53. The quantitative estimate of drug-likeness (QED) is 0.519. The van der Waals surface area contributed by atoms with Crippen LogP contribution in [0, 0.1) is 12.3 Å². The van der Waals surface area contributed by atoms with E-state index in [9.17, 15) is 9.59 Å². The summed E-state index contributed by atoms with van der Waals surface area (Å²) in [6.45, 7) is 1.90. The maximum atomic E-state index is 11.9. The highest BCUT2D eigenvalue weighted by atomic mass is 35.5. The summed E-state index contributed by atoms with van der Waals surface area (Å²) in [6.07, 6.45) is -1.01. The number of amides is 2. The number of carbonyl (C=O) groups excluding carboxylic acids is 2. The van der Waals surface area contributed by atoms with Crippen LogP contribution in [0.4, 0.5) is 4.79 Å². The van der Waals surface area contributed by atoms with E-state index in [0.717, 1.165) is 5.56 Å². The lowest BCUT2D eigenvalue weighted by Crippen LogP contribution is -2.44. The van der Waals surface area contributed by atoms with Gasteiger partial charge in [0.2, 0.25) is 11.9 Å². The lowest BCUT2D eigenvalue weighted by atomic mass is 10.1. The molecule has 2 rings (SSSR count). The van der Waals surface area contributed by atoms with Crippen molar-refractivity contribution >= 4 is 53.6 Å². The normalized spacial score (nSPS) is 9.65. The highest BCUT2D eigenvalue weighted by molar-refractivity contribution is 6.36. The summed E-state index contributed by atoms with van der Waals surface area (Å²) < 4.78 is 4.99. The van der Waals surface area contributed by atoms with Gasteiger partial charge in [-0.2, -0.15) is 0 Å². The molecule has 0 atom stereocenters. The SMILES string of the molecule is Cc1ccc(OC(=O)NC(=N)NC(=O)Cc2c(Cl)cccc2Cl)cc1.Cl. The highest BCUT2D eigenvalue weighted by Crippen LogP contribution is 2.24. The molecule has 0 aliphatic carbocycles. The molecule has 0 heterocycles. The van der Waals surface area contributed by atoms with E-state index in [1.54, 1.807) is 42.5 Å². The highest BCUT2D eigenvalue weighted by Gasteiger charge is 2.14. The Morgan fingerprint density at radius 1 is 1.04 bits per heavy atom. The molecule has 0 radical (unpaired) electrons. The van der Waals surface area contributed by atoms with Crippen molar-refractivity contribution in [3.05, 3.63) is 63.6 Å². The number of rotatable bonds is 3. The fraction of sp³-hybridized carbons (Fsp3) is 0.118. The van der Waals surface area contributed by atoms with Crippen LogP contribution in [-0.4, -0.2) is 18.0 Å². The summed E-state index contributed by atoms with van der Waals surface area (Å²) in [7, 11) is 0. The van der Waals surface area contributed by atoms with Crippen LogP contribution in [-0.2, 0) is 11.2 Å². The summed E-state index contributed by atoms with van der Waals surface area (Å²) in [4.78, 5) is 23.6. The Hall–Kier alpha value is -2.28. The molecule has 2 amide bonds. The number of ether oxygens (including phenoxy) is 1. The number of hydrogen-bond acceptors (Lipinski definition) is 4. The van der Waals surface area contributed by atoms with Crippen molar-refractivity contribution in [2.45, 2.75) is 13.3 Å². The van der Waals surface area contributed by atoms with Crippen LogP contribution in [0.5, 0.6) is 5.75 Å². The fourth-order valence-corrected chi connectivity index (χ4v) is 2.45. The Balaban J connectivity index is 0.00000338. The molecule has 0 fully saturated rings. The van der Waals surface area contributed by atoms with E-state index in [1.807, 2.05) is 6.92 Å². The van der Waals surface area contributed by atoms with Crippen LogP contribution in [0.1, 0.15) is 11.1 Å². The fourth-order valence-electron chi connectivity index (χ4n) is 1.92. The number of benzene rings is 2. The van der Waals surface area contributed by atoms with Crippen LogP contribution in [0.15, 0.2) is 42.5 Å². The number of carbonyl (C=O) groups is 2. The first-order chi connectivity index (χ1) is 11.8. The van der Waals surface area contributed by atoms with Gasteiger partial charge in [-0.3, -0.25) is 20.8 Å². The summed E-state index contributed by atoms with van der Waals surface area (Å²) in [6, 6.07) is 11.7. The smallest absolute Gasteiger partial charge is 0.410 e. The van der Waals surface area contributed by atoms with Gasteiger partial charge >= 0.3 is 6.09 Å². The monoisotopic (exact) mass is 415 g/mol. The third kappa shape index (κ3) is 6.55. The second kappa shape index (κ2) is 10.0. The lowest BCUT2D eigenvalue weighted by Gasteiger charge is -2.10. The Bertz CT molecular complexity index is 790. The third-order valence-corrected chi connectivity index (χ3v) is 3.83. The van der Waals surface area contributed by atoms with Gasteiger partial charge < -0.3 is 4.74 Å². The minimum Gasteiger partial charge on any atom is -0.410 e. The van der Waals surface area contributed by atoms with Gasteiger partial charge in [-0.25, -0.2) is 4.79 Å². The van der Waals surface area contributed by atoms with Gasteiger partial charge in [-0.15, -0.1) is 12.4 Å². The zero-order chi connectivity index (χ0) is 18.4. The number of guanidine groups is 1. The van der Waals surface area contributed by atoms with Gasteiger partial charge in [-0.05, 0) is 36.8 Å². The molecule has 26 heavy (non-hydrogen) atoms. The van der Waals surface area contributed by atoms with Crippen molar-refractivity contribution in [1.82, 2.24) is 10.6 Å². The van der Waals surface area contributed by atoms with Crippen molar-refractivity contribution in [3.8, 4) is 5.75 Å². The first-order valence-electron chi connectivity index (χ1n) is 7.22. The zero-order valence-corrected chi connectivity index (χ0v) is 16.0. The molecule has 2 aromatic carbocycles. The van der Waals surface area contributed by atoms with Gasteiger partial charge in [-0.1, -0.05) is 47.0 Å². The molecule has 9 heteroatoms. The lowest BCUT2D eigenvalue weighted by molar-refractivity contribution is -0.119. The maximum Gasteiger partial charge on any atom is 0.419 e. The average molecular weight is 417 g/mol. The van der Waals surface area contributed by atoms with Gasteiger partial charge in [0.1, 0.15) is 5.75 Å². The maximum absolute atomic E-state index is 11.9. The van der Waals surface area contributed by atoms with Crippen molar-refractivity contribution in [2.75, 3.05) is 0 Å². The third-order valence-electron chi connectivity index (χ3n) is 3.12. The first kappa shape index (κ1) is 21.8. The van der Waals surface area contributed by atoms with Gasteiger partial charge in [0, 0.05) is 10.0 Å². The molecule has 6 nitrogen and oxygen atoms in total. The molecule has 0 saturated carbocycles. The van der Waals surface area contributed by atoms with E-state index in [4.69, 9.17) is 33.3 Å². The molecule has 0 aliphatic heterocycles. The molecule has 0 aliphatic rings. The molecule has 0 unspecified atom stereocenters. The molecule has 3 N–H and O–H groups in total. The predicted molar refractivity (Wildman–Crippen MR) is 104 cm³/mol. The molecule has 138 valence electrons. The molecule has 0 aromatic heterocycles. The van der Waals surface area contributed by atoms with E-state index < -0.39 is 18.0 Å². The van der Waals surface area contributed by atoms with E-state index >= 15 is 0 Å². The molecule has 0 bridgehead atoms. The second-order valence-corrected chi connectivity index (χ2v) is 5.94. The molecule has 0 saturated heterocycles. The Kier molecular flexibility index (Phi) is 8.38. The Labute approximate surface area is 166 Å². The van der Waals surface area contributed by atoms with Gasteiger partial charge in [0.05, 0.1) is 6.42 Å². The summed E-state index contributed by atoms with van der Waals surface area (Å²) in [5, 5.41) is 12.6. The van der Waals surface area contributed by atoms with Crippen molar-refractivity contribution in [1.29, 1.82) is 5.41 Å². The van der Waals surface area contributed by atoms with Crippen molar-refractivity contribution in [2.24, 2.45) is 0 Å². The minimum atomic E-state index is -0.884. The molecular weight excluding hydrogens is 401 g/mol. The van der Waals surface area contributed by atoms with Crippen LogP contribution in [0.25, 0.3) is 0 Å². The van der Waals surface area contributed by atoms with Crippen molar-refractivity contribution < 1.29 is 14.3 Å². The topological polar surface area (TPSA) is 91.3 Å². The van der Waals surface area contributed by atoms with Crippen LogP contribution < -0.4 is 15.4 Å². The minimum absolute atomic E-state index is 0. The van der Waals surface area contributed by atoms with E-state index in [1.165, 1.54) is 0 Å². The van der Waals surface area contributed by atoms with E-state index in [-0.39, 0.29) is 18.8 Å².